The number of hydrogen-bond acceptors (Lipinski definition) is 9. The van der Waals surface area contributed by atoms with Gasteiger partial charge in [0.15, 0.2) is 6.10 Å². The molecule has 1 aliphatic rings. The monoisotopic (exact) mass is 741 g/mol. The van der Waals surface area contributed by atoms with E-state index in [1.54, 1.807) is 12.3 Å². The SMILES string of the molecule is CCCC(=O)OC(CC(NC(=O)C(NC(=O)C1CCCCN1C)C(C)CC)C(C)C)c1nc(C(=O)NC(Cc2ccccc2)CC(C)C(=O)O)cs1. The number of ether oxygens (including phenoxy) is 1. The Bertz CT molecular complexity index is 1470. The molecule has 0 radical (unpaired) electrons. The highest BCUT2D eigenvalue weighted by atomic mass is 32.1. The number of piperidine rings is 1. The number of carboxylic acids is 1. The lowest BCUT2D eigenvalue weighted by Gasteiger charge is -2.34. The van der Waals surface area contributed by atoms with Crippen molar-refractivity contribution in [2.75, 3.05) is 13.6 Å². The molecule has 288 valence electrons. The molecule has 1 fully saturated rings. The minimum atomic E-state index is -0.943. The number of esters is 1. The number of thiazole rings is 1. The Kier molecular flexibility index (Phi) is 17.2. The summed E-state index contributed by atoms with van der Waals surface area (Å²) in [6.07, 6.45) is 4.30. The second kappa shape index (κ2) is 21.0. The van der Waals surface area contributed by atoms with Crippen molar-refractivity contribution < 1.29 is 33.8 Å². The minimum absolute atomic E-state index is 0.0632. The Morgan fingerprint density at radius 2 is 1.71 bits per heavy atom. The van der Waals surface area contributed by atoms with Crippen molar-refractivity contribution in [1.29, 1.82) is 0 Å². The number of carbonyl (C=O) groups excluding carboxylic acids is 4. The first kappa shape index (κ1) is 42.6. The molecular weight excluding hydrogens is 683 g/mol. The van der Waals surface area contributed by atoms with Gasteiger partial charge in [-0.2, -0.15) is 0 Å². The topological polar surface area (TPSA) is 167 Å². The van der Waals surface area contributed by atoms with Gasteiger partial charge in [0.1, 0.15) is 16.7 Å². The lowest BCUT2D eigenvalue weighted by atomic mass is 9.94. The van der Waals surface area contributed by atoms with Crippen LogP contribution in [0.25, 0.3) is 0 Å². The third-order valence-corrected chi connectivity index (χ3v) is 10.9. The minimum Gasteiger partial charge on any atom is -0.481 e. The third-order valence-electron chi connectivity index (χ3n) is 9.94. The average molecular weight is 742 g/mol. The zero-order chi connectivity index (χ0) is 38.4. The lowest BCUT2D eigenvalue weighted by molar-refractivity contribution is -0.150. The summed E-state index contributed by atoms with van der Waals surface area (Å²) >= 11 is 1.19. The maximum atomic E-state index is 13.9. The molecule has 2 aromatic rings. The average Bonchev–Trinajstić information content (AvgIpc) is 3.61. The quantitative estimate of drug-likeness (QED) is 0.128. The first-order valence-electron chi connectivity index (χ1n) is 18.8. The van der Waals surface area contributed by atoms with Gasteiger partial charge in [-0.3, -0.25) is 28.9 Å². The number of aliphatic carboxylic acids is 1. The molecule has 3 rings (SSSR count). The molecule has 0 spiro atoms. The fourth-order valence-corrected chi connectivity index (χ4v) is 7.24. The Morgan fingerprint density at radius 3 is 2.33 bits per heavy atom. The van der Waals surface area contributed by atoms with E-state index >= 15 is 0 Å². The van der Waals surface area contributed by atoms with Crippen LogP contribution >= 0.6 is 11.3 Å². The number of hydrogen-bond donors (Lipinski definition) is 4. The van der Waals surface area contributed by atoms with Crippen molar-refractivity contribution >= 4 is 41.0 Å². The van der Waals surface area contributed by atoms with Gasteiger partial charge in [0.2, 0.25) is 11.8 Å². The molecular formula is C39H59N5O7S. The second-order valence-electron chi connectivity index (χ2n) is 14.6. The van der Waals surface area contributed by atoms with Crippen molar-refractivity contribution in [2.24, 2.45) is 17.8 Å². The van der Waals surface area contributed by atoms with Crippen molar-refractivity contribution in [3.05, 3.63) is 52.0 Å². The van der Waals surface area contributed by atoms with Crippen LogP contribution in [0.2, 0.25) is 0 Å². The van der Waals surface area contributed by atoms with Gasteiger partial charge in [-0.1, -0.05) is 84.7 Å². The van der Waals surface area contributed by atoms with Crippen LogP contribution in [0.15, 0.2) is 35.7 Å². The molecule has 13 heteroatoms. The number of aromatic nitrogens is 1. The number of likely N-dealkylation sites (tertiary alicyclic amines) is 1. The van der Waals surface area contributed by atoms with Crippen LogP contribution in [0, 0.1) is 17.8 Å². The fourth-order valence-electron chi connectivity index (χ4n) is 6.40. The van der Waals surface area contributed by atoms with E-state index in [-0.39, 0.29) is 54.6 Å². The van der Waals surface area contributed by atoms with Gasteiger partial charge in [-0.05, 0) is 63.1 Å². The van der Waals surface area contributed by atoms with Gasteiger partial charge in [-0.15, -0.1) is 11.3 Å². The first-order valence-corrected chi connectivity index (χ1v) is 19.6. The van der Waals surface area contributed by atoms with Crippen molar-refractivity contribution in [1.82, 2.24) is 25.8 Å². The van der Waals surface area contributed by atoms with E-state index in [0.29, 0.717) is 24.3 Å². The predicted molar refractivity (Wildman–Crippen MR) is 202 cm³/mol. The summed E-state index contributed by atoms with van der Waals surface area (Å²) in [6.45, 7) is 12.2. The Balaban J connectivity index is 1.81. The zero-order valence-electron chi connectivity index (χ0n) is 31.9. The lowest BCUT2D eigenvalue weighted by Crippen LogP contribution is -2.57. The van der Waals surface area contributed by atoms with E-state index in [9.17, 15) is 29.1 Å². The second-order valence-corrected chi connectivity index (χ2v) is 15.5. The van der Waals surface area contributed by atoms with Crippen LogP contribution in [0.4, 0.5) is 0 Å². The molecule has 1 aromatic carbocycles. The van der Waals surface area contributed by atoms with Gasteiger partial charge in [0, 0.05) is 30.3 Å². The smallest absolute Gasteiger partial charge is 0.306 e. The summed E-state index contributed by atoms with van der Waals surface area (Å²) < 4.78 is 5.94. The molecule has 3 amide bonds. The molecule has 1 aromatic heterocycles. The van der Waals surface area contributed by atoms with Crippen LogP contribution in [-0.2, 0) is 30.3 Å². The van der Waals surface area contributed by atoms with Gasteiger partial charge < -0.3 is 25.8 Å². The molecule has 7 unspecified atom stereocenters. The normalized spacial score (nSPS) is 18.3. The van der Waals surface area contributed by atoms with Crippen LogP contribution in [0.3, 0.4) is 0 Å². The highest BCUT2D eigenvalue weighted by molar-refractivity contribution is 7.09. The Labute approximate surface area is 312 Å². The van der Waals surface area contributed by atoms with Crippen molar-refractivity contribution in [2.45, 2.75) is 130 Å². The molecule has 0 saturated carbocycles. The number of nitrogens with zero attached hydrogens (tertiary/aromatic N) is 2. The van der Waals surface area contributed by atoms with Crippen molar-refractivity contribution in [3.63, 3.8) is 0 Å². The third kappa shape index (κ3) is 13.0. The number of amides is 3. The molecule has 2 heterocycles. The Hall–Kier alpha value is -3.84. The summed E-state index contributed by atoms with van der Waals surface area (Å²) in [5.74, 6) is -3.10. The molecule has 4 N–H and O–H groups in total. The molecule has 12 nitrogen and oxygen atoms in total. The zero-order valence-corrected chi connectivity index (χ0v) is 32.7. The maximum Gasteiger partial charge on any atom is 0.306 e. The van der Waals surface area contributed by atoms with Gasteiger partial charge >= 0.3 is 11.9 Å². The summed E-state index contributed by atoms with van der Waals surface area (Å²) in [4.78, 5) is 71.9. The highest BCUT2D eigenvalue weighted by Crippen LogP contribution is 2.29. The standard InChI is InChI=1S/C39H59N5O7S/c1-8-15-33(45)51-32(22-29(24(3)4)41-37(48)34(25(5)9-2)43-36(47)31-18-13-14-19-44(31)7)38-42-30(23-52-38)35(46)40-28(20-26(6)39(49)50)21-27-16-11-10-12-17-27/h10-12,16-17,23-26,28-29,31-32,34H,8-9,13-15,18-22H2,1-7H3,(H,40,46)(H,41,48)(H,43,47)(H,49,50). The molecule has 7 atom stereocenters. The maximum absolute atomic E-state index is 13.9. The first-order chi connectivity index (χ1) is 24.7. The summed E-state index contributed by atoms with van der Waals surface area (Å²) in [6, 6.07) is 7.63. The van der Waals surface area contributed by atoms with E-state index in [1.807, 2.05) is 76.9 Å². The molecule has 0 aliphatic carbocycles. The van der Waals surface area contributed by atoms with Gasteiger partial charge in [-0.25, -0.2) is 4.98 Å². The van der Waals surface area contributed by atoms with Crippen LogP contribution in [0.5, 0.6) is 0 Å². The van der Waals surface area contributed by atoms with Crippen molar-refractivity contribution in [3.8, 4) is 0 Å². The Morgan fingerprint density at radius 1 is 1.00 bits per heavy atom. The number of rotatable bonds is 20. The summed E-state index contributed by atoms with van der Waals surface area (Å²) in [5.41, 5.74) is 1.10. The molecule has 0 bridgehead atoms. The highest BCUT2D eigenvalue weighted by Gasteiger charge is 2.35. The summed E-state index contributed by atoms with van der Waals surface area (Å²) in [7, 11) is 1.94. The number of nitrogens with one attached hydrogen (secondary N) is 3. The fraction of sp³-hybridized carbons (Fsp3) is 0.641. The van der Waals surface area contributed by atoms with E-state index in [1.165, 1.54) is 11.3 Å². The number of benzene rings is 1. The number of carbonyl (C=O) groups is 5. The largest absolute Gasteiger partial charge is 0.481 e. The van der Waals surface area contributed by atoms with Crippen LogP contribution in [0.1, 0.15) is 120 Å². The van der Waals surface area contributed by atoms with Crippen LogP contribution < -0.4 is 16.0 Å². The molecule has 1 aliphatic heterocycles. The van der Waals surface area contributed by atoms with E-state index in [0.717, 1.165) is 31.4 Å². The predicted octanol–water partition coefficient (Wildman–Crippen LogP) is 5.53. The number of carboxylic acid groups (broad SMARTS) is 1. The van der Waals surface area contributed by atoms with E-state index in [2.05, 4.69) is 20.9 Å². The van der Waals surface area contributed by atoms with Crippen LogP contribution in [-0.4, -0.2) is 82.4 Å². The van der Waals surface area contributed by atoms with E-state index in [4.69, 9.17) is 4.74 Å². The summed E-state index contributed by atoms with van der Waals surface area (Å²) in [5, 5.41) is 20.7. The number of likely N-dealkylation sites (N-methyl/N-ethyl adjacent to an activating group) is 1. The molecule has 1 saturated heterocycles. The van der Waals surface area contributed by atoms with Gasteiger partial charge in [0.25, 0.3) is 5.91 Å². The van der Waals surface area contributed by atoms with E-state index < -0.39 is 48.0 Å². The molecule has 52 heavy (non-hydrogen) atoms. The van der Waals surface area contributed by atoms with Gasteiger partial charge in [0.05, 0.1) is 12.0 Å².